The second-order valence-corrected chi connectivity index (χ2v) is 4.69. The van der Waals surface area contributed by atoms with Crippen molar-refractivity contribution in [2.24, 2.45) is 0 Å². The number of nitro benzene ring substituents is 1. The van der Waals surface area contributed by atoms with Gasteiger partial charge >= 0.3 is 5.97 Å². The van der Waals surface area contributed by atoms with Gasteiger partial charge in [-0.3, -0.25) is 10.1 Å². The topological polar surface area (TPSA) is 89.7 Å². The molecule has 0 aliphatic heterocycles. The lowest BCUT2D eigenvalue weighted by Gasteiger charge is -2.09. The minimum Gasteiger partial charge on any atom is -0.477 e. The average molecular weight is 308 g/mol. The summed E-state index contributed by atoms with van der Waals surface area (Å²) in [6.07, 6.45) is 0. The van der Waals surface area contributed by atoms with Gasteiger partial charge in [-0.2, -0.15) is 0 Å². The Hall–Kier alpha value is -2.60. The van der Waals surface area contributed by atoms with Crippen LogP contribution in [0.3, 0.4) is 0 Å². The van der Waals surface area contributed by atoms with Crippen LogP contribution in [-0.2, 0) is 0 Å². The van der Waals surface area contributed by atoms with Crippen LogP contribution in [0.15, 0.2) is 36.4 Å². The third-order valence-corrected chi connectivity index (χ3v) is 3.00. The van der Waals surface area contributed by atoms with Gasteiger partial charge in [-0.25, -0.2) is 4.79 Å². The summed E-state index contributed by atoms with van der Waals surface area (Å²) in [5.74, 6) is -0.704. The van der Waals surface area contributed by atoms with Crippen molar-refractivity contribution in [3.63, 3.8) is 0 Å². The van der Waals surface area contributed by atoms with E-state index in [0.717, 1.165) is 17.7 Å². The largest absolute Gasteiger partial charge is 0.477 e. The highest BCUT2D eigenvalue weighted by molar-refractivity contribution is 6.30. The van der Waals surface area contributed by atoms with E-state index in [2.05, 4.69) is 0 Å². The number of carbonyl (C=O) groups is 1. The van der Waals surface area contributed by atoms with Crippen molar-refractivity contribution >= 4 is 23.3 Å². The van der Waals surface area contributed by atoms with Gasteiger partial charge in [0, 0.05) is 5.02 Å². The lowest BCUT2D eigenvalue weighted by atomic mass is 10.1. The van der Waals surface area contributed by atoms with Crippen molar-refractivity contribution < 1.29 is 19.6 Å². The monoisotopic (exact) mass is 307 g/mol. The number of aryl methyl sites for hydroxylation is 1. The first-order valence-corrected chi connectivity index (χ1v) is 6.22. The maximum Gasteiger partial charge on any atom is 0.342 e. The van der Waals surface area contributed by atoms with Crippen molar-refractivity contribution in [2.45, 2.75) is 6.92 Å². The number of benzene rings is 2. The summed E-state index contributed by atoms with van der Waals surface area (Å²) in [5, 5.41) is 20.4. The van der Waals surface area contributed by atoms with Crippen molar-refractivity contribution in [2.75, 3.05) is 0 Å². The van der Waals surface area contributed by atoms with E-state index >= 15 is 0 Å². The van der Waals surface area contributed by atoms with Crippen LogP contribution in [0.2, 0.25) is 5.02 Å². The number of rotatable bonds is 4. The first-order chi connectivity index (χ1) is 9.88. The van der Waals surface area contributed by atoms with Gasteiger partial charge in [0.25, 0.3) is 5.69 Å². The summed E-state index contributed by atoms with van der Waals surface area (Å²) in [4.78, 5) is 21.1. The number of hydrogen-bond donors (Lipinski definition) is 1. The first kappa shape index (κ1) is 14.8. The van der Waals surface area contributed by atoms with Crippen LogP contribution in [0.5, 0.6) is 11.5 Å². The van der Waals surface area contributed by atoms with E-state index in [4.69, 9.17) is 21.4 Å². The highest BCUT2D eigenvalue weighted by Gasteiger charge is 2.20. The molecule has 0 atom stereocenters. The van der Waals surface area contributed by atoms with Crippen molar-refractivity contribution in [1.82, 2.24) is 0 Å². The normalized spacial score (nSPS) is 10.2. The zero-order chi connectivity index (χ0) is 15.6. The van der Waals surface area contributed by atoms with Gasteiger partial charge in [0.1, 0.15) is 17.1 Å². The fraction of sp³-hybridized carbons (Fsp3) is 0.0714. The number of carboxylic acids is 1. The zero-order valence-electron chi connectivity index (χ0n) is 10.9. The molecule has 0 aromatic heterocycles. The molecule has 0 fully saturated rings. The summed E-state index contributed by atoms with van der Waals surface area (Å²) < 4.78 is 5.53. The van der Waals surface area contributed by atoms with Crippen molar-refractivity contribution in [1.29, 1.82) is 0 Å². The van der Waals surface area contributed by atoms with Crippen LogP contribution < -0.4 is 4.74 Å². The van der Waals surface area contributed by atoms with Gasteiger partial charge < -0.3 is 9.84 Å². The molecule has 0 aliphatic carbocycles. The summed E-state index contributed by atoms with van der Waals surface area (Å²) in [5.41, 5.74) is -0.153. The fourth-order valence-electron chi connectivity index (χ4n) is 1.76. The molecule has 0 saturated carbocycles. The second kappa shape index (κ2) is 5.80. The van der Waals surface area contributed by atoms with Gasteiger partial charge in [0.2, 0.25) is 0 Å². The van der Waals surface area contributed by atoms with E-state index in [1.54, 1.807) is 25.1 Å². The van der Waals surface area contributed by atoms with Crippen molar-refractivity contribution in [3.8, 4) is 11.5 Å². The minimum atomic E-state index is -1.36. The Morgan fingerprint density at radius 3 is 2.57 bits per heavy atom. The van der Waals surface area contributed by atoms with Crippen LogP contribution in [-0.4, -0.2) is 16.0 Å². The van der Waals surface area contributed by atoms with Gasteiger partial charge in [-0.05, 0) is 42.8 Å². The highest BCUT2D eigenvalue weighted by Crippen LogP contribution is 2.31. The molecule has 2 aromatic rings. The quantitative estimate of drug-likeness (QED) is 0.680. The van der Waals surface area contributed by atoms with Crippen LogP contribution >= 0.6 is 11.6 Å². The molecular weight excluding hydrogens is 298 g/mol. The molecular formula is C14H10ClNO5. The van der Waals surface area contributed by atoms with Crippen LogP contribution in [0.4, 0.5) is 5.69 Å². The van der Waals surface area contributed by atoms with Crippen molar-refractivity contribution in [3.05, 3.63) is 62.7 Å². The van der Waals surface area contributed by atoms with E-state index in [0.29, 0.717) is 10.8 Å². The second-order valence-electron chi connectivity index (χ2n) is 4.25. The Balaban J connectivity index is 2.39. The van der Waals surface area contributed by atoms with E-state index < -0.39 is 16.6 Å². The zero-order valence-corrected chi connectivity index (χ0v) is 11.6. The third kappa shape index (κ3) is 3.29. The van der Waals surface area contributed by atoms with Crippen LogP contribution in [0, 0.1) is 17.0 Å². The van der Waals surface area contributed by atoms with E-state index in [1.807, 2.05) is 0 Å². The number of carboxylic acid groups (broad SMARTS) is 1. The molecule has 0 radical (unpaired) electrons. The number of nitrogens with zero attached hydrogens (tertiary/aromatic N) is 1. The first-order valence-electron chi connectivity index (χ1n) is 5.84. The number of aromatic carboxylic acids is 1. The molecule has 7 heteroatoms. The predicted octanol–water partition coefficient (Wildman–Crippen LogP) is 4.05. The van der Waals surface area contributed by atoms with E-state index in [9.17, 15) is 14.9 Å². The lowest BCUT2D eigenvalue weighted by molar-refractivity contribution is -0.385. The van der Waals surface area contributed by atoms with Gasteiger partial charge in [-0.15, -0.1) is 0 Å². The standard InChI is InChI=1S/C14H10ClNO5/c1-8-6-9(15)2-5-13(8)21-10-3-4-11(14(17)18)12(7-10)16(19)20/h2-7H,1H3,(H,17,18). The number of nitro groups is 1. The minimum absolute atomic E-state index is 0.178. The molecule has 0 spiro atoms. The van der Waals surface area contributed by atoms with E-state index in [1.165, 1.54) is 6.07 Å². The SMILES string of the molecule is Cc1cc(Cl)ccc1Oc1ccc(C(=O)O)c([N+](=O)[O-])c1. The molecule has 1 N–H and O–H groups in total. The molecule has 0 saturated heterocycles. The molecule has 0 aliphatic rings. The Labute approximate surface area is 124 Å². The molecule has 0 unspecified atom stereocenters. The number of ether oxygens (including phenoxy) is 1. The Kier molecular flexibility index (Phi) is 4.09. The van der Waals surface area contributed by atoms with Crippen LogP contribution in [0.1, 0.15) is 15.9 Å². The summed E-state index contributed by atoms with van der Waals surface area (Å²) in [7, 11) is 0. The Bertz CT molecular complexity index is 729. The maximum atomic E-state index is 10.9. The molecule has 0 amide bonds. The molecule has 21 heavy (non-hydrogen) atoms. The Morgan fingerprint density at radius 1 is 1.29 bits per heavy atom. The summed E-state index contributed by atoms with van der Waals surface area (Å²) in [6.45, 7) is 1.78. The summed E-state index contributed by atoms with van der Waals surface area (Å²) >= 11 is 5.83. The molecule has 6 nitrogen and oxygen atoms in total. The molecule has 0 bridgehead atoms. The maximum absolute atomic E-state index is 10.9. The number of halogens is 1. The average Bonchev–Trinajstić information content (AvgIpc) is 2.41. The molecule has 108 valence electrons. The third-order valence-electron chi connectivity index (χ3n) is 2.76. The van der Waals surface area contributed by atoms with Crippen LogP contribution in [0.25, 0.3) is 0 Å². The fourth-order valence-corrected chi connectivity index (χ4v) is 1.99. The molecule has 2 aromatic carbocycles. The Morgan fingerprint density at radius 2 is 2.00 bits per heavy atom. The number of hydrogen-bond acceptors (Lipinski definition) is 4. The molecule has 0 heterocycles. The van der Waals surface area contributed by atoms with E-state index in [-0.39, 0.29) is 11.3 Å². The van der Waals surface area contributed by atoms with Gasteiger partial charge in [0.15, 0.2) is 0 Å². The highest BCUT2D eigenvalue weighted by atomic mass is 35.5. The smallest absolute Gasteiger partial charge is 0.342 e. The molecule has 2 rings (SSSR count). The summed E-state index contributed by atoms with van der Waals surface area (Å²) in [6, 6.07) is 8.54. The van der Waals surface area contributed by atoms with Gasteiger partial charge in [-0.1, -0.05) is 11.6 Å². The van der Waals surface area contributed by atoms with Gasteiger partial charge in [0.05, 0.1) is 11.0 Å². The lowest BCUT2D eigenvalue weighted by Crippen LogP contribution is -2.02. The predicted molar refractivity (Wildman–Crippen MR) is 76.3 cm³/mol.